The van der Waals surface area contributed by atoms with Gasteiger partial charge in [-0.05, 0) is 56.0 Å². The van der Waals surface area contributed by atoms with Crippen LogP contribution in [0.4, 0.5) is 0 Å². The van der Waals surface area contributed by atoms with Crippen molar-refractivity contribution in [3.63, 3.8) is 0 Å². The van der Waals surface area contributed by atoms with Crippen LogP contribution in [0.3, 0.4) is 0 Å². The van der Waals surface area contributed by atoms with Gasteiger partial charge in [-0.1, -0.05) is 24.3 Å². The summed E-state index contributed by atoms with van der Waals surface area (Å²) in [5, 5.41) is 14.4. The number of hydrogen-bond donors (Lipinski definition) is 2. The van der Waals surface area contributed by atoms with Crippen LogP contribution in [0.25, 0.3) is 5.69 Å². The molecular formula is C17H24ClN5O. The van der Waals surface area contributed by atoms with Crippen LogP contribution in [-0.2, 0) is 0 Å². The summed E-state index contributed by atoms with van der Waals surface area (Å²) in [7, 11) is 0. The van der Waals surface area contributed by atoms with Gasteiger partial charge < -0.3 is 10.6 Å². The molecule has 0 aliphatic carbocycles. The van der Waals surface area contributed by atoms with Crippen LogP contribution < -0.4 is 10.6 Å². The van der Waals surface area contributed by atoms with Crippen LogP contribution in [0.1, 0.15) is 35.8 Å². The van der Waals surface area contributed by atoms with Crippen molar-refractivity contribution in [3.05, 3.63) is 41.7 Å². The van der Waals surface area contributed by atoms with Crippen LogP contribution in [0.15, 0.2) is 30.5 Å². The zero-order valence-corrected chi connectivity index (χ0v) is 14.9. The van der Waals surface area contributed by atoms with E-state index < -0.39 is 0 Å². The van der Waals surface area contributed by atoms with Crippen molar-refractivity contribution in [2.75, 3.05) is 19.6 Å². The number of piperidine rings is 1. The molecule has 1 aliphatic rings. The van der Waals surface area contributed by atoms with Gasteiger partial charge in [-0.25, -0.2) is 4.68 Å². The van der Waals surface area contributed by atoms with E-state index in [4.69, 9.17) is 0 Å². The first-order valence-electron chi connectivity index (χ1n) is 8.04. The third-order valence-electron chi connectivity index (χ3n) is 4.48. The molecule has 2 N–H and O–H groups in total. The summed E-state index contributed by atoms with van der Waals surface area (Å²) in [6.45, 7) is 6.93. The minimum atomic E-state index is -0.163. The Morgan fingerprint density at radius 1 is 1.38 bits per heavy atom. The lowest BCUT2D eigenvalue weighted by Crippen LogP contribution is -2.43. The smallest absolute Gasteiger partial charge is 0.273 e. The zero-order valence-electron chi connectivity index (χ0n) is 14.1. The average molecular weight is 350 g/mol. The summed E-state index contributed by atoms with van der Waals surface area (Å²) in [5.41, 5.74) is 2.56. The SMILES string of the molecule is Cc1cccc(-n2cc(C(=O)NCC3(C)CCNCC3)nn2)c1.Cl. The van der Waals surface area contributed by atoms with Gasteiger partial charge in [-0.3, -0.25) is 4.79 Å². The molecule has 7 heteroatoms. The molecule has 1 aromatic heterocycles. The van der Waals surface area contributed by atoms with E-state index in [1.54, 1.807) is 10.9 Å². The fourth-order valence-electron chi connectivity index (χ4n) is 2.86. The van der Waals surface area contributed by atoms with E-state index in [9.17, 15) is 4.79 Å². The second-order valence-corrected chi connectivity index (χ2v) is 6.63. The number of hydrogen-bond acceptors (Lipinski definition) is 4. The quantitative estimate of drug-likeness (QED) is 0.886. The Balaban J connectivity index is 0.00000208. The summed E-state index contributed by atoms with van der Waals surface area (Å²) in [5.74, 6) is -0.163. The van der Waals surface area contributed by atoms with Crippen molar-refractivity contribution in [2.45, 2.75) is 26.7 Å². The zero-order chi connectivity index (χ0) is 16.3. The largest absolute Gasteiger partial charge is 0.350 e. The summed E-state index contributed by atoms with van der Waals surface area (Å²) in [4.78, 5) is 12.3. The Hall–Kier alpha value is -1.92. The number of benzene rings is 1. The maximum atomic E-state index is 12.3. The third kappa shape index (κ3) is 4.33. The standard InChI is InChI=1S/C17H23N5O.ClH/c1-13-4-3-5-14(10-13)22-11-15(20-21-22)16(23)19-12-17(2)6-8-18-9-7-17;/h3-5,10-11,18H,6-9,12H2,1-2H3,(H,19,23);1H. The van der Waals surface area contributed by atoms with Crippen molar-refractivity contribution >= 4 is 18.3 Å². The van der Waals surface area contributed by atoms with Gasteiger partial charge in [-0.2, -0.15) is 0 Å². The molecule has 24 heavy (non-hydrogen) atoms. The molecule has 0 saturated carbocycles. The number of nitrogens with one attached hydrogen (secondary N) is 2. The van der Waals surface area contributed by atoms with Crippen molar-refractivity contribution in [1.82, 2.24) is 25.6 Å². The van der Waals surface area contributed by atoms with Crippen LogP contribution in [0, 0.1) is 12.3 Å². The highest BCUT2D eigenvalue weighted by Crippen LogP contribution is 2.26. The topological polar surface area (TPSA) is 71.8 Å². The van der Waals surface area contributed by atoms with Gasteiger partial charge in [0.05, 0.1) is 11.9 Å². The van der Waals surface area contributed by atoms with Gasteiger partial charge in [0.15, 0.2) is 5.69 Å². The van der Waals surface area contributed by atoms with E-state index in [1.165, 1.54) is 0 Å². The van der Waals surface area contributed by atoms with Crippen LogP contribution in [-0.4, -0.2) is 40.5 Å². The Labute approximate surface area is 148 Å². The number of halogens is 1. The van der Waals surface area contributed by atoms with Crippen LogP contribution in [0.5, 0.6) is 0 Å². The molecule has 2 aromatic rings. The Morgan fingerprint density at radius 3 is 2.83 bits per heavy atom. The molecule has 1 amide bonds. The second kappa shape index (κ2) is 7.77. The van der Waals surface area contributed by atoms with Gasteiger partial charge in [0.2, 0.25) is 0 Å². The van der Waals surface area contributed by atoms with E-state index in [0.29, 0.717) is 12.2 Å². The maximum absolute atomic E-state index is 12.3. The van der Waals surface area contributed by atoms with Gasteiger partial charge in [0.25, 0.3) is 5.91 Å². The number of aryl methyl sites for hydroxylation is 1. The Morgan fingerprint density at radius 2 is 2.12 bits per heavy atom. The van der Waals surface area contributed by atoms with E-state index in [0.717, 1.165) is 37.2 Å². The highest BCUT2D eigenvalue weighted by atomic mass is 35.5. The molecule has 1 aromatic carbocycles. The van der Waals surface area contributed by atoms with Crippen molar-refractivity contribution < 1.29 is 4.79 Å². The molecule has 3 rings (SSSR count). The monoisotopic (exact) mass is 349 g/mol. The highest BCUT2D eigenvalue weighted by molar-refractivity contribution is 5.91. The van der Waals surface area contributed by atoms with E-state index in [-0.39, 0.29) is 23.7 Å². The predicted molar refractivity (Wildman–Crippen MR) is 95.9 cm³/mol. The molecular weight excluding hydrogens is 326 g/mol. The summed E-state index contributed by atoms with van der Waals surface area (Å²) >= 11 is 0. The Bertz CT molecular complexity index is 694. The molecule has 2 heterocycles. The minimum absolute atomic E-state index is 0. The van der Waals surface area contributed by atoms with Gasteiger partial charge in [-0.15, -0.1) is 17.5 Å². The number of carbonyl (C=O) groups is 1. The molecule has 0 bridgehead atoms. The molecule has 6 nitrogen and oxygen atoms in total. The summed E-state index contributed by atoms with van der Waals surface area (Å²) in [6.07, 6.45) is 3.82. The number of rotatable bonds is 4. The lowest BCUT2D eigenvalue weighted by Gasteiger charge is -2.33. The van der Waals surface area contributed by atoms with E-state index >= 15 is 0 Å². The Kier molecular flexibility index (Phi) is 5.96. The molecule has 1 saturated heterocycles. The number of nitrogens with zero attached hydrogens (tertiary/aromatic N) is 3. The predicted octanol–water partition coefficient (Wildman–Crippen LogP) is 2.12. The molecule has 0 unspecified atom stereocenters. The van der Waals surface area contributed by atoms with Gasteiger partial charge >= 0.3 is 0 Å². The minimum Gasteiger partial charge on any atom is -0.350 e. The summed E-state index contributed by atoms with van der Waals surface area (Å²) in [6, 6.07) is 7.93. The van der Waals surface area contributed by atoms with Gasteiger partial charge in [0, 0.05) is 6.54 Å². The van der Waals surface area contributed by atoms with E-state index in [1.807, 2.05) is 31.2 Å². The van der Waals surface area contributed by atoms with Crippen molar-refractivity contribution in [3.8, 4) is 5.69 Å². The first kappa shape index (κ1) is 18.4. The fourth-order valence-corrected chi connectivity index (χ4v) is 2.86. The fraction of sp³-hybridized carbons (Fsp3) is 0.471. The lowest BCUT2D eigenvalue weighted by atomic mass is 9.81. The normalized spacial score (nSPS) is 16.2. The average Bonchev–Trinajstić information content (AvgIpc) is 3.03. The molecule has 130 valence electrons. The number of carbonyl (C=O) groups excluding carboxylic acids is 1. The van der Waals surface area contributed by atoms with Crippen molar-refractivity contribution in [2.24, 2.45) is 5.41 Å². The third-order valence-corrected chi connectivity index (χ3v) is 4.48. The van der Waals surface area contributed by atoms with Crippen molar-refractivity contribution in [1.29, 1.82) is 0 Å². The molecule has 0 atom stereocenters. The lowest BCUT2D eigenvalue weighted by molar-refractivity contribution is 0.0917. The summed E-state index contributed by atoms with van der Waals surface area (Å²) < 4.78 is 1.63. The number of amides is 1. The van der Waals surface area contributed by atoms with Crippen LogP contribution >= 0.6 is 12.4 Å². The molecule has 1 fully saturated rings. The van der Waals surface area contributed by atoms with E-state index in [2.05, 4.69) is 27.9 Å². The molecule has 1 aliphatic heterocycles. The maximum Gasteiger partial charge on any atom is 0.273 e. The van der Waals surface area contributed by atoms with Crippen LogP contribution in [0.2, 0.25) is 0 Å². The first-order chi connectivity index (χ1) is 11.1. The molecule has 0 spiro atoms. The molecule has 0 radical (unpaired) electrons. The first-order valence-corrected chi connectivity index (χ1v) is 8.04. The second-order valence-electron chi connectivity index (χ2n) is 6.63. The highest BCUT2D eigenvalue weighted by Gasteiger charge is 2.27. The number of aromatic nitrogens is 3. The van der Waals surface area contributed by atoms with Gasteiger partial charge in [0.1, 0.15) is 0 Å².